The Labute approximate surface area is 119 Å². The van der Waals surface area contributed by atoms with Gasteiger partial charge in [-0.25, -0.2) is 9.97 Å². The van der Waals surface area contributed by atoms with Crippen molar-refractivity contribution in [2.45, 2.75) is 20.3 Å². The van der Waals surface area contributed by atoms with Crippen LogP contribution in [0.25, 0.3) is 20.1 Å². The Morgan fingerprint density at radius 2 is 1.79 bits per heavy atom. The van der Waals surface area contributed by atoms with Gasteiger partial charge in [0.05, 0.1) is 11.5 Å². The smallest absolute Gasteiger partial charge is 0.175 e. The highest BCUT2D eigenvalue weighted by atomic mass is 32.1. The molecule has 3 rings (SSSR count). The Bertz CT molecular complexity index is 654. The van der Waals surface area contributed by atoms with E-state index in [1.165, 1.54) is 15.0 Å². The van der Waals surface area contributed by atoms with E-state index in [9.17, 15) is 0 Å². The number of ether oxygens (including phenoxy) is 1. The topological polar surface area (TPSA) is 35.0 Å². The molecule has 0 saturated heterocycles. The molecule has 0 bridgehead atoms. The van der Waals surface area contributed by atoms with Gasteiger partial charge in [-0.05, 0) is 25.0 Å². The van der Waals surface area contributed by atoms with Crippen LogP contribution in [-0.2, 0) is 6.42 Å². The summed E-state index contributed by atoms with van der Waals surface area (Å²) in [5, 5.41) is 0.984. The van der Waals surface area contributed by atoms with Crippen molar-refractivity contribution >= 4 is 32.1 Å². The molecule has 0 spiro atoms. The zero-order chi connectivity index (χ0) is 13.2. The summed E-state index contributed by atoms with van der Waals surface area (Å²) in [6.07, 6.45) is 4.78. The van der Waals surface area contributed by atoms with Crippen LogP contribution >= 0.6 is 22.7 Å². The van der Waals surface area contributed by atoms with Crippen LogP contribution in [0, 0.1) is 0 Å². The average molecular weight is 290 g/mol. The van der Waals surface area contributed by atoms with Crippen LogP contribution in [-0.4, -0.2) is 16.6 Å². The minimum atomic E-state index is 0.711. The van der Waals surface area contributed by atoms with Gasteiger partial charge in [-0.3, -0.25) is 0 Å². The zero-order valence-electron chi connectivity index (χ0n) is 10.8. The molecule has 19 heavy (non-hydrogen) atoms. The second kappa shape index (κ2) is 5.27. The van der Waals surface area contributed by atoms with E-state index in [0.717, 1.165) is 22.2 Å². The second-order valence-corrected chi connectivity index (χ2v) is 6.24. The molecular weight excluding hydrogens is 276 g/mol. The summed E-state index contributed by atoms with van der Waals surface area (Å²) in [7, 11) is 0. The molecule has 0 aliphatic rings. The molecule has 3 heterocycles. The van der Waals surface area contributed by atoms with Crippen molar-refractivity contribution in [1.82, 2.24) is 9.97 Å². The van der Waals surface area contributed by atoms with Crippen molar-refractivity contribution in [3.63, 3.8) is 0 Å². The maximum absolute atomic E-state index is 5.52. The van der Waals surface area contributed by atoms with E-state index < -0.39 is 0 Å². The van der Waals surface area contributed by atoms with E-state index in [-0.39, 0.29) is 0 Å². The van der Waals surface area contributed by atoms with Gasteiger partial charge in [-0.15, -0.1) is 11.3 Å². The lowest BCUT2D eigenvalue weighted by Gasteiger charge is -1.97. The maximum Gasteiger partial charge on any atom is 0.175 e. The maximum atomic E-state index is 5.52. The third-order valence-electron chi connectivity index (χ3n) is 2.80. The van der Waals surface area contributed by atoms with Crippen molar-refractivity contribution in [1.29, 1.82) is 0 Å². The number of hydrogen-bond donors (Lipinski definition) is 0. The van der Waals surface area contributed by atoms with Crippen LogP contribution in [0.2, 0.25) is 0 Å². The summed E-state index contributed by atoms with van der Waals surface area (Å²) in [5.74, 6) is 0.809. The molecule has 3 aromatic rings. The Balaban J connectivity index is 1.93. The van der Waals surface area contributed by atoms with E-state index >= 15 is 0 Å². The molecule has 0 amide bonds. The number of aromatic nitrogens is 2. The molecule has 0 radical (unpaired) electrons. The molecule has 0 unspecified atom stereocenters. The van der Waals surface area contributed by atoms with Crippen LogP contribution in [0.5, 0.6) is 5.06 Å². The standard InChI is InChI=1S/C14H14N2OS2/c1-3-9-7-15-14(16-8-9)12-5-10-11(18-12)6-13(19-10)17-4-2/h5-8H,3-4H2,1-2H3. The first kappa shape index (κ1) is 12.6. The summed E-state index contributed by atoms with van der Waals surface area (Å²) in [6.45, 7) is 4.82. The van der Waals surface area contributed by atoms with Crippen molar-refractivity contribution in [3.8, 4) is 15.8 Å². The molecule has 0 atom stereocenters. The zero-order valence-corrected chi connectivity index (χ0v) is 12.5. The van der Waals surface area contributed by atoms with E-state index in [1.54, 1.807) is 22.7 Å². The van der Waals surface area contributed by atoms with E-state index in [2.05, 4.69) is 29.0 Å². The number of nitrogens with zero attached hydrogens (tertiary/aromatic N) is 2. The molecule has 0 N–H and O–H groups in total. The van der Waals surface area contributed by atoms with E-state index in [0.29, 0.717) is 6.61 Å². The summed E-state index contributed by atoms with van der Waals surface area (Å²) in [6, 6.07) is 4.24. The SMILES string of the molecule is CCOc1cc2sc(-c3ncc(CC)cn3)cc2s1. The monoisotopic (exact) mass is 290 g/mol. The third-order valence-corrected chi connectivity index (χ3v) is 5.01. The highest BCUT2D eigenvalue weighted by Gasteiger charge is 2.10. The van der Waals surface area contributed by atoms with Crippen molar-refractivity contribution in [2.75, 3.05) is 6.61 Å². The van der Waals surface area contributed by atoms with Gasteiger partial charge in [0.1, 0.15) is 0 Å². The Morgan fingerprint density at radius 1 is 1.05 bits per heavy atom. The molecule has 5 heteroatoms. The number of thiophene rings is 2. The minimum Gasteiger partial charge on any atom is -0.484 e. The fraction of sp³-hybridized carbons (Fsp3) is 0.286. The summed E-state index contributed by atoms with van der Waals surface area (Å²) in [4.78, 5) is 9.97. The largest absolute Gasteiger partial charge is 0.484 e. The molecule has 0 aliphatic heterocycles. The van der Waals surface area contributed by atoms with Crippen molar-refractivity contribution < 1.29 is 4.74 Å². The quantitative estimate of drug-likeness (QED) is 0.715. The summed E-state index contributed by atoms with van der Waals surface area (Å²) in [5.41, 5.74) is 1.17. The van der Waals surface area contributed by atoms with E-state index in [1.807, 2.05) is 19.3 Å². The van der Waals surface area contributed by atoms with Gasteiger partial charge in [0.25, 0.3) is 0 Å². The predicted molar refractivity (Wildman–Crippen MR) is 81.3 cm³/mol. The van der Waals surface area contributed by atoms with Gasteiger partial charge in [-0.1, -0.05) is 18.3 Å². The number of fused-ring (bicyclic) bond motifs is 1. The molecule has 0 fully saturated rings. The average Bonchev–Trinajstić information content (AvgIpc) is 2.97. The lowest BCUT2D eigenvalue weighted by Crippen LogP contribution is -1.89. The van der Waals surface area contributed by atoms with Gasteiger partial charge in [0.15, 0.2) is 10.9 Å². The van der Waals surface area contributed by atoms with Crippen LogP contribution in [0.3, 0.4) is 0 Å². The fourth-order valence-corrected chi connectivity index (χ4v) is 4.04. The van der Waals surface area contributed by atoms with Crippen molar-refractivity contribution in [3.05, 3.63) is 30.1 Å². The predicted octanol–water partition coefficient (Wildman–Crippen LogP) is 4.38. The molecule has 0 aromatic carbocycles. The second-order valence-electron chi connectivity index (χ2n) is 4.11. The molecule has 0 aliphatic carbocycles. The lowest BCUT2D eigenvalue weighted by atomic mass is 10.3. The Hall–Kier alpha value is -1.46. The highest BCUT2D eigenvalue weighted by molar-refractivity contribution is 7.30. The molecular formula is C14H14N2OS2. The minimum absolute atomic E-state index is 0.711. The van der Waals surface area contributed by atoms with Gasteiger partial charge in [0.2, 0.25) is 0 Å². The first-order valence-electron chi connectivity index (χ1n) is 6.27. The number of hydrogen-bond acceptors (Lipinski definition) is 5. The summed E-state index contributed by atoms with van der Waals surface area (Å²) < 4.78 is 8.00. The highest BCUT2D eigenvalue weighted by Crippen LogP contribution is 2.40. The van der Waals surface area contributed by atoms with Gasteiger partial charge >= 0.3 is 0 Å². The first-order chi connectivity index (χ1) is 9.30. The normalized spacial score (nSPS) is 11.1. The van der Waals surface area contributed by atoms with Crippen LogP contribution in [0.15, 0.2) is 24.5 Å². The van der Waals surface area contributed by atoms with Crippen LogP contribution in [0.1, 0.15) is 19.4 Å². The molecule has 98 valence electrons. The fourth-order valence-electron chi connectivity index (χ4n) is 1.80. The number of aryl methyl sites for hydroxylation is 1. The summed E-state index contributed by atoms with van der Waals surface area (Å²) >= 11 is 3.39. The number of rotatable bonds is 4. The third kappa shape index (κ3) is 2.48. The van der Waals surface area contributed by atoms with Gasteiger partial charge in [-0.2, -0.15) is 0 Å². The van der Waals surface area contributed by atoms with Crippen molar-refractivity contribution in [2.24, 2.45) is 0 Å². The van der Waals surface area contributed by atoms with Crippen LogP contribution < -0.4 is 4.74 Å². The Morgan fingerprint density at radius 3 is 2.42 bits per heavy atom. The van der Waals surface area contributed by atoms with Gasteiger partial charge in [0, 0.05) is 27.9 Å². The molecule has 0 saturated carbocycles. The van der Waals surface area contributed by atoms with Gasteiger partial charge < -0.3 is 4.74 Å². The van der Waals surface area contributed by atoms with E-state index in [4.69, 9.17) is 4.74 Å². The Kier molecular flexibility index (Phi) is 3.48. The molecule has 3 aromatic heterocycles. The first-order valence-corrected chi connectivity index (χ1v) is 7.91. The lowest BCUT2D eigenvalue weighted by molar-refractivity contribution is 0.350. The molecule has 3 nitrogen and oxygen atoms in total. The van der Waals surface area contributed by atoms with Crippen LogP contribution in [0.4, 0.5) is 0 Å².